The zero-order valence-electron chi connectivity index (χ0n) is 19.1. The highest BCUT2D eigenvalue weighted by molar-refractivity contribution is 7.19. The summed E-state index contributed by atoms with van der Waals surface area (Å²) in [6.45, 7) is 1.41. The zero-order chi connectivity index (χ0) is 25.4. The number of nitrogens with one attached hydrogen (secondary N) is 1. The molecule has 0 aliphatic carbocycles. The highest BCUT2D eigenvalue weighted by atomic mass is 32.1. The molecule has 2 aliphatic rings. The molecule has 0 spiro atoms. The minimum Gasteiger partial charge on any atom is -0.389 e. The van der Waals surface area contributed by atoms with Crippen molar-refractivity contribution < 1.29 is 27.1 Å². The second-order valence-corrected chi connectivity index (χ2v) is 10.0. The van der Waals surface area contributed by atoms with Gasteiger partial charge >= 0.3 is 0 Å². The van der Waals surface area contributed by atoms with Gasteiger partial charge in [-0.05, 0) is 25.0 Å². The van der Waals surface area contributed by atoms with E-state index < -0.39 is 30.0 Å². The summed E-state index contributed by atoms with van der Waals surface area (Å²) in [5, 5.41) is 6.90. The monoisotopic (exact) mass is 524 g/mol. The molecule has 3 N–H and O–H groups in total. The van der Waals surface area contributed by atoms with Crippen molar-refractivity contribution in [3.05, 3.63) is 41.7 Å². The van der Waals surface area contributed by atoms with Gasteiger partial charge in [0.25, 0.3) is 11.8 Å². The van der Waals surface area contributed by atoms with Gasteiger partial charge in [-0.15, -0.1) is 0 Å². The number of thiazole rings is 1. The number of nitrogens with two attached hydrogens (primary N) is 1. The van der Waals surface area contributed by atoms with E-state index in [2.05, 4.69) is 15.4 Å². The number of rotatable bonds is 6. The van der Waals surface area contributed by atoms with Crippen molar-refractivity contribution in [2.45, 2.75) is 31.7 Å². The summed E-state index contributed by atoms with van der Waals surface area (Å²) in [6.07, 6.45) is 2.15. The standard InChI is InChI=1S/C23H24F4N6O2S/c24-14-4-3-5-15(25)17(14)21-31-18(19(28)36-21)20(34)30-16-8-29-33(9-13-10-35-11-13)22(16)32-7-2-1-6-23(26,27)12-32/h3-5,8,13H,1-2,6-7,9-12,28H2,(H,30,34). The molecule has 3 aromatic rings. The number of nitrogen functional groups attached to an aromatic ring is 1. The van der Waals surface area contributed by atoms with Gasteiger partial charge in [-0.3, -0.25) is 4.79 Å². The van der Waals surface area contributed by atoms with Crippen LogP contribution >= 0.6 is 11.3 Å². The summed E-state index contributed by atoms with van der Waals surface area (Å²) >= 11 is 0.775. The lowest BCUT2D eigenvalue weighted by Gasteiger charge is -2.30. The first-order chi connectivity index (χ1) is 17.2. The third-order valence-corrected chi connectivity index (χ3v) is 7.09. The van der Waals surface area contributed by atoms with Gasteiger partial charge in [0.1, 0.15) is 27.3 Å². The van der Waals surface area contributed by atoms with Gasteiger partial charge in [-0.25, -0.2) is 27.2 Å². The summed E-state index contributed by atoms with van der Waals surface area (Å²) in [6, 6.07) is 3.39. The molecule has 0 radical (unpaired) electrons. The highest BCUT2D eigenvalue weighted by Crippen LogP contribution is 2.36. The van der Waals surface area contributed by atoms with Crippen LogP contribution in [0, 0.1) is 17.6 Å². The van der Waals surface area contributed by atoms with Crippen LogP contribution in [-0.4, -0.2) is 52.9 Å². The Morgan fingerprint density at radius 2 is 2.00 bits per heavy atom. The SMILES string of the molecule is Nc1sc(-c2c(F)cccc2F)nc1C(=O)Nc1cnn(CC2COC2)c1N1CCCCC(F)(F)C1. The van der Waals surface area contributed by atoms with E-state index >= 15 is 0 Å². The van der Waals surface area contributed by atoms with E-state index in [0.29, 0.717) is 45.0 Å². The second-order valence-electron chi connectivity index (χ2n) is 8.98. The Bertz CT molecular complexity index is 1260. The first-order valence-electron chi connectivity index (χ1n) is 11.5. The molecule has 4 heterocycles. The lowest BCUT2D eigenvalue weighted by molar-refractivity contribution is -0.0408. The van der Waals surface area contributed by atoms with E-state index in [-0.39, 0.29) is 39.3 Å². The van der Waals surface area contributed by atoms with Gasteiger partial charge in [0.05, 0.1) is 38.1 Å². The number of carbonyl (C=O) groups excluding carboxylic acids is 1. The van der Waals surface area contributed by atoms with E-state index in [1.54, 1.807) is 9.58 Å². The number of aromatic nitrogens is 3. The predicted molar refractivity (Wildman–Crippen MR) is 127 cm³/mol. The lowest BCUT2D eigenvalue weighted by Crippen LogP contribution is -2.38. The first-order valence-corrected chi connectivity index (χ1v) is 12.3. The minimum absolute atomic E-state index is 0.0352. The maximum Gasteiger partial charge on any atom is 0.277 e. The van der Waals surface area contributed by atoms with E-state index in [0.717, 1.165) is 23.5 Å². The van der Waals surface area contributed by atoms with Crippen LogP contribution in [0.3, 0.4) is 0 Å². The number of hydrogen-bond donors (Lipinski definition) is 2. The molecule has 0 atom stereocenters. The number of anilines is 3. The largest absolute Gasteiger partial charge is 0.389 e. The van der Waals surface area contributed by atoms with Gasteiger partial charge in [0, 0.05) is 18.9 Å². The van der Waals surface area contributed by atoms with Crippen molar-refractivity contribution in [1.29, 1.82) is 0 Å². The number of amides is 1. The molecule has 8 nitrogen and oxygen atoms in total. The van der Waals surface area contributed by atoms with Crippen LogP contribution in [0.4, 0.5) is 34.1 Å². The molecule has 2 saturated heterocycles. The average Bonchev–Trinajstić information content (AvgIpc) is 3.30. The van der Waals surface area contributed by atoms with Crippen molar-refractivity contribution in [2.24, 2.45) is 5.92 Å². The highest BCUT2D eigenvalue weighted by Gasteiger charge is 2.36. The summed E-state index contributed by atoms with van der Waals surface area (Å²) in [5.41, 5.74) is 5.60. The van der Waals surface area contributed by atoms with E-state index in [9.17, 15) is 22.4 Å². The number of alkyl halides is 2. The Labute approximate surface area is 208 Å². The van der Waals surface area contributed by atoms with Crippen molar-refractivity contribution in [1.82, 2.24) is 14.8 Å². The summed E-state index contributed by atoms with van der Waals surface area (Å²) in [5.74, 6) is -4.73. The Balaban J connectivity index is 1.45. The molecular formula is C23H24F4N6O2S. The van der Waals surface area contributed by atoms with Gasteiger partial charge in [0.2, 0.25) is 0 Å². The quantitative estimate of drug-likeness (QED) is 0.464. The molecule has 5 rings (SSSR count). The number of carbonyl (C=O) groups is 1. The van der Waals surface area contributed by atoms with Gasteiger partial charge in [-0.2, -0.15) is 5.10 Å². The smallest absolute Gasteiger partial charge is 0.277 e. The molecule has 36 heavy (non-hydrogen) atoms. The number of benzene rings is 1. The fraction of sp³-hybridized carbons (Fsp3) is 0.435. The summed E-state index contributed by atoms with van der Waals surface area (Å²) < 4.78 is 64.2. The number of nitrogens with zero attached hydrogens (tertiary/aromatic N) is 4. The predicted octanol–water partition coefficient (Wildman–Crippen LogP) is 4.39. The molecule has 2 fully saturated rings. The fourth-order valence-corrected chi connectivity index (χ4v) is 5.24. The fourth-order valence-electron chi connectivity index (χ4n) is 4.36. The number of ether oxygens (including phenoxy) is 1. The van der Waals surface area contributed by atoms with E-state index in [4.69, 9.17) is 10.5 Å². The molecule has 1 amide bonds. The normalized spacial score (nSPS) is 18.1. The second kappa shape index (κ2) is 9.69. The Hall–Kier alpha value is -3.19. The maximum atomic E-state index is 14.5. The molecular weight excluding hydrogens is 500 g/mol. The van der Waals surface area contributed by atoms with Crippen LogP contribution in [0.1, 0.15) is 29.8 Å². The van der Waals surface area contributed by atoms with Crippen molar-refractivity contribution in [3.8, 4) is 10.6 Å². The topological polar surface area (TPSA) is 98.3 Å². The number of hydrogen-bond acceptors (Lipinski definition) is 7. The zero-order valence-corrected chi connectivity index (χ0v) is 20.0. The Morgan fingerprint density at radius 1 is 1.25 bits per heavy atom. The van der Waals surface area contributed by atoms with Crippen LogP contribution in [0.5, 0.6) is 0 Å². The minimum atomic E-state index is -2.88. The lowest BCUT2D eigenvalue weighted by atomic mass is 10.1. The van der Waals surface area contributed by atoms with Gasteiger partial charge < -0.3 is 20.7 Å². The van der Waals surface area contributed by atoms with Crippen LogP contribution in [-0.2, 0) is 11.3 Å². The third kappa shape index (κ3) is 4.89. The first kappa shape index (κ1) is 24.5. The Kier molecular flexibility index (Phi) is 6.60. The van der Waals surface area contributed by atoms with Crippen molar-refractivity contribution in [3.63, 3.8) is 0 Å². The molecule has 2 aromatic heterocycles. The third-order valence-electron chi connectivity index (χ3n) is 6.19. The molecule has 0 saturated carbocycles. The summed E-state index contributed by atoms with van der Waals surface area (Å²) in [4.78, 5) is 18.7. The van der Waals surface area contributed by atoms with Gasteiger partial charge in [0.15, 0.2) is 11.5 Å². The Morgan fingerprint density at radius 3 is 2.69 bits per heavy atom. The average molecular weight is 525 g/mol. The van der Waals surface area contributed by atoms with Crippen molar-refractivity contribution >= 4 is 33.8 Å². The van der Waals surface area contributed by atoms with Crippen molar-refractivity contribution in [2.75, 3.05) is 42.3 Å². The van der Waals surface area contributed by atoms with Crippen LogP contribution in [0.15, 0.2) is 24.4 Å². The summed E-state index contributed by atoms with van der Waals surface area (Å²) in [7, 11) is 0. The van der Waals surface area contributed by atoms with Crippen LogP contribution < -0.4 is 16.0 Å². The molecule has 0 unspecified atom stereocenters. The molecule has 1 aromatic carbocycles. The van der Waals surface area contributed by atoms with Crippen LogP contribution in [0.25, 0.3) is 10.6 Å². The number of halogens is 4. The van der Waals surface area contributed by atoms with E-state index in [1.165, 1.54) is 12.3 Å². The molecule has 13 heteroatoms. The molecule has 192 valence electrons. The van der Waals surface area contributed by atoms with Crippen LogP contribution in [0.2, 0.25) is 0 Å². The van der Waals surface area contributed by atoms with Gasteiger partial charge in [-0.1, -0.05) is 17.4 Å². The maximum absolute atomic E-state index is 14.5. The molecule has 0 bridgehead atoms. The van der Waals surface area contributed by atoms with E-state index in [1.807, 2.05) is 0 Å². The molecule has 2 aliphatic heterocycles.